The molecular weight excluding hydrogens is 289 g/mol. The number of benzene rings is 1. The molecule has 0 unspecified atom stereocenters. The molecule has 21 heavy (non-hydrogen) atoms. The maximum absolute atomic E-state index is 13.6. The number of rotatable bonds is 3. The summed E-state index contributed by atoms with van der Waals surface area (Å²) in [6.45, 7) is 1.87. The molecule has 5 heteroatoms. The van der Waals surface area contributed by atoms with E-state index in [4.69, 9.17) is 5.11 Å². The summed E-state index contributed by atoms with van der Waals surface area (Å²) in [4.78, 5) is 12.9. The summed E-state index contributed by atoms with van der Waals surface area (Å²) < 4.78 is 13.6. The van der Waals surface area contributed by atoms with Gasteiger partial charge in [-0.2, -0.15) is 0 Å². The molecule has 108 valence electrons. The number of halogens is 1. The number of amides is 1. The van der Waals surface area contributed by atoms with Crippen LogP contribution in [0, 0.1) is 24.6 Å². The fourth-order valence-electron chi connectivity index (χ4n) is 1.79. The van der Waals surface area contributed by atoms with Gasteiger partial charge in [0.15, 0.2) is 0 Å². The summed E-state index contributed by atoms with van der Waals surface area (Å²) in [6, 6.07) is 6.25. The van der Waals surface area contributed by atoms with Crippen LogP contribution in [-0.2, 0) is 6.54 Å². The summed E-state index contributed by atoms with van der Waals surface area (Å²) in [7, 11) is 0. The number of aryl methyl sites for hydroxylation is 1. The van der Waals surface area contributed by atoms with Gasteiger partial charge < -0.3 is 10.4 Å². The summed E-state index contributed by atoms with van der Waals surface area (Å²) >= 11 is 1.45. The number of carbonyl (C=O) groups excluding carboxylic acids is 1. The van der Waals surface area contributed by atoms with Gasteiger partial charge in [-0.3, -0.25) is 4.79 Å². The van der Waals surface area contributed by atoms with Crippen molar-refractivity contribution in [1.82, 2.24) is 5.32 Å². The lowest BCUT2D eigenvalue weighted by Gasteiger charge is -2.06. The number of thiophene rings is 1. The SMILES string of the molecule is Cc1ccc(F)c(C(=O)NCc2sccc2C#CCO)c1. The second-order valence-corrected chi connectivity index (χ2v) is 5.38. The van der Waals surface area contributed by atoms with E-state index in [1.165, 1.54) is 23.5 Å². The second-order valence-electron chi connectivity index (χ2n) is 4.38. The Morgan fingerprint density at radius 3 is 3.00 bits per heavy atom. The van der Waals surface area contributed by atoms with Crippen LogP contribution in [0.2, 0.25) is 0 Å². The highest BCUT2D eigenvalue weighted by Gasteiger charge is 2.12. The Morgan fingerprint density at radius 1 is 1.43 bits per heavy atom. The molecule has 0 aliphatic heterocycles. The third-order valence-electron chi connectivity index (χ3n) is 2.82. The van der Waals surface area contributed by atoms with Crippen LogP contribution >= 0.6 is 11.3 Å². The molecule has 2 aromatic rings. The molecule has 0 aliphatic rings. The average Bonchev–Trinajstić information content (AvgIpc) is 2.92. The summed E-state index contributed by atoms with van der Waals surface area (Å²) in [6.07, 6.45) is 0. The van der Waals surface area contributed by atoms with Crippen LogP contribution in [0.5, 0.6) is 0 Å². The summed E-state index contributed by atoms with van der Waals surface area (Å²) in [5.74, 6) is 4.39. The van der Waals surface area contributed by atoms with Gasteiger partial charge in [-0.15, -0.1) is 11.3 Å². The minimum atomic E-state index is -0.537. The minimum Gasteiger partial charge on any atom is -0.384 e. The Hall–Kier alpha value is -2.16. The largest absolute Gasteiger partial charge is 0.384 e. The van der Waals surface area contributed by atoms with Crippen molar-refractivity contribution in [1.29, 1.82) is 0 Å². The van der Waals surface area contributed by atoms with Gasteiger partial charge >= 0.3 is 0 Å². The molecular formula is C16H14FNO2S. The number of aliphatic hydroxyl groups is 1. The average molecular weight is 303 g/mol. The molecule has 0 saturated carbocycles. The topological polar surface area (TPSA) is 49.3 Å². The van der Waals surface area contributed by atoms with Gasteiger partial charge in [0, 0.05) is 10.4 Å². The molecule has 1 aromatic heterocycles. The van der Waals surface area contributed by atoms with E-state index in [-0.39, 0.29) is 18.7 Å². The lowest BCUT2D eigenvalue weighted by molar-refractivity contribution is 0.0947. The fourth-order valence-corrected chi connectivity index (χ4v) is 2.56. The van der Waals surface area contributed by atoms with Crippen molar-refractivity contribution in [2.24, 2.45) is 0 Å². The third kappa shape index (κ3) is 3.91. The molecule has 1 heterocycles. The molecule has 0 spiro atoms. The van der Waals surface area contributed by atoms with E-state index >= 15 is 0 Å². The van der Waals surface area contributed by atoms with E-state index in [1.807, 2.05) is 11.4 Å². The molecule has 1 amide bonds. The van der Waals surface area contributed by atoms with Crippen molar-refractivity contribution in [3.63, 3.8) is 0 Å². The second kappa shape index (κ2) is 7.02. The van der Waals surface area contributed by atoms with E-state index in [0.29, 0.717) is 0 Å². The van der Waals surface area contributed by atoms with Crippen LogP contribution in [-0.4, -0.2) is 17.6 Å². The maximum Gasteiger partial charge on any atom is 0.254 e. The van der Waals surface area contributed by atoms with Gasteiger partial charge in [-0.05, 0) is 30.5 Å². The van der Waals surface area contributed by atoms with E-state index in [9.17, 15) is 9.18 Å². The van der Waals surface area contributed by atoms with Crippen molar-refractivity contribution < 1.29 is 14.3 Å². The quantitative estimate of drug-likeness (QED) is 0.856. The first-order chi connectivity index (χ1) is 10.1. The lowest BCUT2D eigenvalue weighted by Crippen LogP contribution is -2.23. The van der Waals surface area contributed by atoms with Crippen molar-refractivity contribution in [3.8, 4) is 11.8 Å². The van der Waals surface area contributed by atoms with Crippen LogP contribution in [0.3, 0.4) is 0 Å². The molecule has 0 radical (unpaired) electrons. The normalized spacial score (nSPS) is 9.86. The van der Waals surface area contributed by atoms with Gasteiger partial charge in [0.1, 0.15) is 12.4 Å². The van der Waals surface area contributed by atoms with Gasteiger partial charge in [0.05, 0.1) is 12.1 Å². The van der Waals surface area contributed by atoms with Gasteiger partial charge in [0.25, 0.3) is 5.91 Å². The van der Waals surface area contributed by atoms with Gasteiger partial charge in [-0.25, -0.2) is 4.39 Å². The van der Waals surface area contributed by atoms with Gasteiger partial charge in [-0.1, -0.05) is 23.5 Å². The number of nitrogens with one attached hydrogen (secondary N) is 1. The van der Waals surface area contributed by atoms with Crippen molar-refractivity contribution >= 4 is 17.2 Å². The highest BCUT2D eigenvalue weighted by atomic mass is 32.1. The molecule has 1 aromatic carbocycles. The first-order valence-corrected chi connectivity index (χ1v) is 7.20. The fraction of sp³-hybridized carbons (Fsp3) is 0.188. The minimum absolute atomic E-state index is 0.0366. The number of carbonyl (C=O) groups is 1. The van der Waals surface area contributed by atoms with Gasteiger partial charge in [0.2, 0.25) is 0 Å². The summed E-state index contributed by atoms with van der Waals surface area (Å²) in [5.41, 5.74) is 1.63. The zero-order valence-electron chi connectivity index (χ0n) is 11.4. The van der Waals surface area contributed by atoms with Crippen LogP contribution in [0.25, 0.3) is 0 Å². The molecule has 0 bridgehead atoms. The predicted molar refractivity (Wildman–Crippen MR) is 80.6 cm³/mol. The number of aliphatic hydroxyl groups excluding tert-OH is 1. The molecule has 0 atom stereocenters. The van der Waals surface area contributed by atoms with Crippen LogP contribution in [0.1, 0.15) is 26.4 Å². The zero-order valence-corrected chi connectivity index (χ0v) is 12.3. The monoisotopic (exact) mass is 303 g/mol. The number of hydrogen-bond acceptors (Lipinski definition) is 3. The van der Waals surface area contributed by atoms with Crippen molar-refractivity contribution in [2.75, 3.05) is 6.61 Å². The molecule has 0 fully saturated rings. The third-order valence-corrected chi connectivity index (χ3v) is 3.74. The van der Waals surface area contributed by atoms with E-state index in [1.54, 1.807) is 13.0 Å². The Labute approximate surface area is 126 Å². The molecule has 3 nitrogen and oxygen atoms in total. The Morgan fingerprint density at radius 2 is 2.24 bits per heavy atom. The molecule has 2 N–H and O–H groups in total. The van der Waals surface area contributed by atoms with E-state index < -0.39 is 11.7 Å². The standard InChI is InChI=1S/C16H14FNO2S/c1-11-4-5-14(17)13(9-11)16(20)18-10-15-12(3-2-7-19)6-8-21-15/h4-6,8-9,19H,7,10H2,1H3,(H,18,20). The predicted octanol–water partition coefficient (Wildman–Crippen LogP) is 2.47. The number of hydrogen-bond donors (Lipinski definition) is 2. The van der Waals surface area contributed by atoms with E-state index in [0.717, 1.165) is 16.0 Å². The Balaban J connectivity index is 2.08. The maximum atomic E-state index is 13.6. The highest BCUT2D eigenvalue weighted by Crippen LogP contribution is 2.16. The van der Waals surface area contributed by atoms with Crippen molar-refractivity contribution in [3.05, 3.63) is 57.0 Å². The van der Waals surface area contributed by atoms with Crippen LogP contribution in [0.15, 0.2) is 29.6 Å². The summed E-state index contributed by atoms with van der Waals surface area (Å²) in [5, 5.41) is 13.2. The highest BCUT2D eigenvalue weighted by molar-refractivity contribution is 7.10. The first-order valence-electron chi connectivity index (χ1n) is 6.32. The van der Waals surface area contributed by atoms with E-state index in [2.05, 4.69) is 17.2 Å². The zero-order chi connectivity index (χ0) is 15.2. The Kier molecular flexibility index (Phi) is 5.09. The molecule has 0 aliphatic carbocycles. The first kappa shape index (κ1) is 15.2. The molecule has 0 saturated heterocycles. The molecule has 2 rings (SSSR count). The van der Waals surface area contributed by atoms with Crippen LogP contribution in [0.4, 0.5) is 4.39 Å². The lowest BCUT2D eigenvalue weighted by atomic mass is 10.1. The van der Waals surface area contributed by atoms with Crippen molar-refractivity contribution in [2.45, 2.75) is 13.5 Å². The smallest absolute Gasteiger partial charge is 0.254 e. The Bertz CT molecular complexity index is 713. The van der Waals surface area contributed by atoms with Crippen LogP contribution < -0.4 is 5.32 Å².